The number of sulfonamides is 1. The first kappa shape index (κ1) is 20.9. The van der Waals surface area contributed by atoms with Crippen LogP contribution in [0.3, 0.4) is 0 Å². The predicted octanol–water partition coefficient (Wildman–Crippen LogP) is 1.13. The minimum Gasteiger partial charge on any atom is -0.352 e. The molecule has 0 atom stereocenters. The molecule has 0 aliphatic heterocycles. The average Bonchev–Trinajstić information content (AvgIpc) is 2.42. The minimum atomic E-state index is -3.58. The average molecular weight is 350 g/mol. The summed E-state index contributed by atoms with van der Waals surface area (Å²) in [5, 5.41) is 5.75. The van der Waals surface area contributed by atoms with E-state index < -0.39 is 10.0 Å². The molecule has 126 valence electrons. The summed E-state index contributed by atoms with van der Waals surface area (Å²) >= 11 is 0. The van der Waals surface area contributed by atoms with E-state index in [-0.39, 0.29) is 29.3 Å². The van der Waals surface area contributed by atoms with Gasteiger partial charge in [-0.05, 0) is 52.1 Å². The van der Waals surface area contributed by atoms with Gasteiger partial charge in [0, 0.05) is 18.2 Å². The van der Waals surface area contributed by atoms with Crippen LogP contribution in [0.2, 0.25) is 0 Å². The molecule has 0 unspecified atom stereocenters. The van der Waals surface area contributed by atoms with Gasteiger partial charge in [0.15, 0.2) is 0 Å². The molecule has 22 heavy (non-hydrogen) atoms. The maximum absolute atomic E-state index is 12.1. The predicted molar refractivity (Wildman–Crippen MR) is 90.0 cm³/mol. The lowest BCUT2D eigenvalue weighted by atomic mass is 10.2. The molecule has 0 heterocycles. The van der Waals surface area contributed by atoms with E-state index in [0.717, 1.165) is 13.0 Å². The summed E-state index contributed by atoms with van der Waals surface area (Å²) < 4.78 is 26.6. The first-order chi connectivity index (χ1) is 9.86. The van der Waals surface area contributed by atoms with Gasteiger partial charge in [0.05, 0.1) is 4.90 Å². The number of nitrogens with one attached hydrogen (secondary N) is 3. The molecule has 1 amide bonds. The molecule has 1 aromatic rings. The number of halogens is 1. The quantitative estimate of drug-likeness (QED) is 0.614. The van der Waals surface area contributed by atoms with E-state index in [4.69, 9.17) is 0 Å². The number of rotatable bonds is 8. The number of carbonyl (C=O) groups excluding carboxylic acids is 1. The Kier molecular flexibility index (Phi) is 9.27. The second kappa shape index (κ2) is 9.78. The third-order valence-corrected chi connectivity index (χ3v) is 4.34. The molecule has 0 bridgehead atoms. The molecule has 1 aromatic carbocycles. The van der Waals surface area contributed by atoms with E-state index in [9.17, 15) is 13.2 Å². The van der Waals surface area contributed by atoms with Crippen molar-refractivity contribution in [3.05, 3.63) is 29.8 Å². The molecule has 0 spiro atoms. The lowest BCUT2D eigenvalue weighted by Gasteiger charge is -2.11. The molecule has 3 N–H and O–H groups in total. The number of hydrogen-bond acceptors (Lipinski definition) is 4. The summed E-state index contributed by atoms with van der Waals surface area (Å²) in [6.45, 7) is 4.85. The van der Waals surface area contributed by atoms with Gasteiger partial charge in [-0.3, -0.25) is 4.79 Å². The maximum Gasteiger partial charge on any atom is 0.251 e. The van der Waals surface area contributed by atoms with Gasteiger partial charge in [0.1, 0.15) is 0 Å². The van der Waals surface area contributed by atoms with Crippen LogP contribution < -0.4 is 15.4 Å². The van der Waals surface area contributed by atoms with E-state index in [1.54, 1.807) is 26.0 Å². The first-order valence-corrected chi connectivity index (χ1v) is 8.40. The maximum atomic E-state index is 12.1. The van der Waals surface area contributed by atoms with Crippen molar-refractivity contribution >= 4 is 28.3 Å². The molecule has 8 heteroatoms. The second-order valence-electron chi connectivity index (χ2n) is 5.02. The van der Waals surface area contributed by atoms with E-state index >= 15 is 0 Å². The van der Waals surface area contributed by atoms with Crippen LogP contribution in [0.1, 0.15) is 30.6 Å². The van der Waals surface area contributed by atoms with Crippen LogP contribution >= 0.6 is 12.4 Å². The van der Waals surface area contributed by atoms with Crippen LogP contribution in [0.5, 0.6) is 0 Å². The summed E-state index contributed by atoms with van der Waals surface area (Å²) in [6.07, 6.45) is 0.815. The Morgan fingerprint density at radius 1 is 1.23 bits per heavy atom. The highest BCUT2D eigenvalue weighted by Crippen LogP contribution is 2.12. The summed E-state index contributed by atoms with van der Waals surface area (Å²) in [5.41, 5.74) is 0.339. The highest BCUT2D eigenvalue weighted by Gasteiger charge is 2.17. The number of carbonyl (C=O) groups is 1. The highest BCUT2D eigenvalue weighted by molar-refractivity contribution is 7.89. The van der Waals surface area contributed by atoms with Crippen LogP contribution in [-0.2, 0) is 10.0 Å². The lowest BCUT2D eigenvalue weighted by molar-refractivity contribution is 0.0953. The van der Waals surface area contributed by atoms with Gasteiger partial charge in [0.2, 0.25) is 10.0 Å². The van der Waals surface area contributed by atoms with E-state index in [1.807, 2.05) is 7.05 Å². The van der Waals surface area contributed by atoms with Gasteiger partial charge in [-0.1, -0.05) is 6.07 Å². The van der Waals surface area contributed by atoms with E-state index in [1.165, 1.54) is 12.1 Å². The SMILES string of the molecule is CNCCCNC(=O)c1cccc(S(=O)(=O)NC(C)C)c1.Cl. The number of amides is 1. The van der Waals surface area contributed by atoms with Crippen LogP contribution in [0, 0.1) is 0 Å². The van der Waals surface area contributed by atoms with E-state index in [2.05, 4.69) is 15.4 Å². The zero-order chi connectivity index (χ0) is 15.9. The van der Waals surface area contributed by atoms with Crippen molar-refractivity contribution < 1.29 is 13.2 Å². The van der Waals surface area contributed by atoms with Crippen molar-refractivity contribution in [2.45, 2.75) is 31.2 Å². The Morgan fingerprint density at radius 2 is 1.91 bits per heavy atom. The number of hydrogen-bond donors (Lipinski definition) is 3. The van der Waals surface area contributed by atoms with Crippen molar-refractivity contribution in [1.82, 2.24) is 15.4 Å². The van der Waals surface area contributed by atoms with Gasteiger partial charge >= 0.3 is 0 Å². The third-order valence-electron chi connectivity index (χ3n) is 2.69. The molecule has 0 aliphatic carbocycles. The Morgan fingerprint density at radius 3 is 2.50 bits per heavy atom. The van der Waals surface area contributed by atoms with Gasteiger partial charge < -0.3 is 10.6 Å². The fourth-order valence-electron chi connectivity index (χ4n) is 1.75. The monoisotopic (exact) mass is 349 g/mol. The van der Waals surface area contributed by atoms with Crippen LogP contribution in [0.15, 0.2) is 29.2 Å². The molecule has 0 saturated carbocycles. The minimum absolute atomic E-state index is 0. The van der Waals surface area contributed by atoms with Gasteiger partial charge in [-0.2, -0.15) is 0 Å². The molecule has 0 aromatic heterocycles. The summed E-state index contributed by atoms with van der Waals surface area (Å²) in [7, 11) is -1.74. The zero-order valence-corrected chi connectivity index (χ0v) is 14.7. The molecule has 0 saturated heterocycles. The van der Waals surface area contributed by atoms with Gasteiger partial charge in [-0.25, -0.2) is 13.1 Å². The van der Waals surface area contributed by atoms with Crippen LogP contribution in [0.4, 0.5) is 0 Å². The second-order valence-corrected chi connectivity index (χ2v) is 6.73. The van der Waals surface area contributed by atoms with Crippen LogP contribution in [-0.4, -0.2) is 40.5 Å². The number of benzene rings is 1. The van der Waals surface area contributed by atoms with Gasteiger partial charge in [0.25, 0.3) is 5.91 Å². The van der Waals surface area contributed by atoms with Crippen LogP contribution in [0.25, 0.3) is 0 Å². The fourth-order valence-corrected chi connectivity index (χ4v) is 3.05. The summed E-state index contributed by atoms with van der Waals surface area (Å²) in [5.74, 6) is -0.271. The van der Waals surface area contributed by atoms with Crippen molar-refractivity contribution in [3.63, 3.8) is 0 Å². The molecular formula is C14H24ClN3O3S. The van der Waals surface area contributed by atoms with Crippen molar-refractivity contribution in [2.24, 2.45) is 0 Å². The first-order valence-electron chi connectivity index (χ1n) is 6.92. The summed E-state index contributed by atoms with van der Waals surface area (Å²) in [4.78, 5) is 12.1. The molecule has 1 rings (SSSR count). The lowest BCUT2D eigenvalue weighted by Crippen LogP contribution is -2.31. The summed E-state index contributed by atoms with van der Waals surface area (Å²) in [6, 6.07) is 5.83. The molecule has 0 fully saturated rings. The van der Waals surface area contributed by atoms with Crippen molar-refractivity contribution in [1.29, 1.82) is 0 Å². The normalized spacial score (nSPS) is 11.1. The molecule has 6 nitrogen and oxygen atoms in total. The standard InChI is InChI=1S/C14H23N3O3S.ClH/c1-11(2)17-21(19,20)13-7-4-6-12(10-13)14(18)16-9-5-8-15-3;/h4,6-7,10-11,15,17H,5,8-9H2,1-3H3,(H,16,18);1H. The van der Waals surface area contributed by atoms with Gasteiger partial charge in [-0.15, -0.1) is 12.4 Å². The fraction of sp³-hybridized carbons (Fsp3) is 0.500. The topological polar surface area (TPSA) is 87.3 Å². The van der Waals surface area contributed by atoms with Crippen molar-refractivity contribution in [3.8, 4) is 0 Å². The Hall–Kier alpha value is -1.15. The zero-order valence-electron chi connectivity index (χ0n) is 13.0. The molecule has 0 aliphatic rings. The Balaban J connectivity index is 0.00000441. The molecular weight excluding hydrogens is 326 g/mol. The Bertz CT molecular complexity index is 576. The highest BCUT2D eigenvalue weighted by atomic mass is 35.5. The van der Waals surface area contributed by atoms with Crippen molar-refractivity contribution in [2.75, 3.05) is 20.1 Å². The largest absolute Gasteiger partial charge is 0.352 e. The smallest absolute Gasteiger partial charge is 0.251 e. The third kappa shape index (κ3) is 6.74. The Labute approximate surface area is 138 Å². The molecule has 0 radical (unpaired) electrons. The van der Waals surface area contributed by atoms with E-state index in [0.29, 0.717) is 12.1 Å².